The van der Waals surface area contributed by atoms with Gasteiger partial charge in [-0.25, -0.2) is 9.59 Å². The van der Waals surface area contributed by atoms with Crippen LogP contribution in [0.2, 0.25) is 0 Å². The van der Waals surface area contributed by atoms with Crippen molar-refractivity contribution in [2.24, 2.45) is 22.7 Å². The Labute approximate surface area is 382 Å². The van der Waals surface area contributed by atoms with E-state index in [0.717, 1.165) is 6.92 Å². The predicted molar refractivity (Wildman–Crippen MR) is 238 cm³/mol. The van der Waals surface area contributed by atoms with E-state index in [2.05, 4.69) is 5.32 Å². The lowest BCUT2D eigenvalue weighted by molar-refractivity contribution is -0.341. The summed E-state index contributed by atoms with van der Waals surface area (Å²) in [6.07, 6.45) is -5.35. The van der Waals surface area contributed by atoms with E-state index in [1.807, 2.05) is 6.26 Å². The van der Waals surface area contributed by atoms with Crippen LogP contribution in [0.3, 0.4) is 0 Å². The van der Waals surface area contributed by atoms with Gasteiger partial charge in [0.05, 0.1) is 24.1 Å². The first-order chi connectivity index (χ1) is 30.8. The van der Waals surface area contributed by atoms with Gasteiger partial charge in [-0.2, -0.15) is 11.8 Å². The average Bonchev–Trinajstić information content (AvgIpc) is 3.27. The highest BCUT2D eigenvalue weighted by Crippen LogP contribution is 2.66. The van der Waals surface area contributed by atoms with Crippen molar-refractivity contribution < 1.29 is 62.7 Å². The van der Waals surface area contributed by atoms with Crippen LogP contribution in [0.5, 0.6) is 0 Å². The van der Waals surface area contributed by atoms with Crippen molar-refractivity contribution in [3.05, 3.63) is 119 Å². The highest BCUT2D eigenvalue weighted by Gasteiger charge is 2.78. The van der Waals surface area contributed by atoms with Gasteiger partial charge in [0.15, 0.2) is 23.6 Å². The summed E-state index contributed by atoms with van der Waals surface area (Å²) in [5, 5.41) is 28.6. The van der Waals surface area contributed by atoms with Crippen molar-refractivity contribution >= 4 is 47.3 Å². The van der Waals surface area contributed by atoms with E-state index < -0.39 is 112 Å². The summed E-state index contributed by atoms with van der Waals surface area (Å²) in [5.41, 5.74) is -5.93. The van der Waals surface area contributed by atoms with E-state index in [0.29, 0.717) is 17.7 Å². The molecule has 0 unspecified atom stereocenters. The van der Waals surface area contributed by atoms with Gasteiger partial charge in [0.2, 0.25) is 0 Å². The molecular weight excluding hydrogens is 855 g/mol. The molecule has 65 heavy (non-hydrogen) atoms. The van der Waals surface area contributed by atoms with Crippen LogP contribution in [0, 0.1) is 22.7 Å². The lowest BCUT2D eigenvalue weighted by atomic mass is 9.43. The molecule has 1 saturated heterocycles. The number of nitrogens with one attached hydrogen (secondary N) is 1. The summed E-state index contributed by atoms with van der Waals surface area (Å²) in [4.78, 5) is 84.9. The van der Waals surface area contributed by atoms with Crippen LogP contribution >= 0.6 is 11.8 Å². The van der Waals surface area contributed by atoms with Crippen LogP contribution in [0.1, 0.15) is 93.1 Å². The molecule has 15 heteroatoms. The van der Waals surface area contributed by atoms with Gasteiger partial charge in [-0.05, 0) is 78.7 Å². The Morgan fingerprint density at radius 3 is 2.02 bits per heavy atom. The fraction of sp³-hybridized carbons (Fsp3) is 0.480. The van der Waals surface area contributed by atoms with E-state index >= 15 is 4.79 Å². The lowest BCUT2D eigenvalue weighted by Gasteiger charge is -2.68. The number of carbonyl (C=O) groups is 6. The summed E-state index contributed by atoms with van der Waals surface area (Å²) in [5.74, 6) is -5.90. The zero-order valence-electron chi connectivity index (χ0n) is 37.6. The molecule has 0 radical (unpaired) electrons. The number of Topliss-reactive ketones (excluding diaryl/α,β-unsaturated/α-hetero) is 1. The van der Waals surface area contributed by atoms with Crippen molar-refractivity contribution in [3.8, 4) is 0 Å². The molecule has 14 nitrogen and oxygen atoms in total. The molecule has 3 aliphatic carbocycles. The van der Waals surface area contributed by atoms with Gasteiger partial charge in [-0.3, -0.25) is 19.2 Å². The Kier molecular flexibility index (Phi) is 13.5. The zero-order valence-corrected chi connectivity index (χ0v) is 38.4. The predicted octanol–water partition coefficient (Wildman–Crippen LogP) is 5.74. The highest BCUT2D eigenvalue weighted by molar-refractivity contribution is 7.98. The topological polar surface area (TPSA) is 201 Å². The Morgan fingerprint density at radius 1 is 0.862 bits per heavy atom. The van der Waals surface area contributed by atoms with E-state index in [1.54, 1.807) is 130 Å². The minimum atomic E-state index is -2.29. The molecule has 3 aromatic carbocycles. The molecule has 2 bridgehead atoms. The molecule has 11 atom stereocenters. The second-order valence-electron chi connectivity index (χ2n) is 18.3. The third-order valence-electron chi connectivity index (χ3n) is 14.4. The molecule has 346 valence electrons. The van der Waals surface area contributed by atoms with Crippen LogP contribution < -0.4 is 5.32 Å². The number of hydrogen-bond donors (Lipinski definition) is 3. The maximum atomic E-state index is 16.0. The summed E-state index contributed by atoms with van der Waals surface area (Å²) in [6, 6.07) is 23.4. The SMILES string of the molecule is CSCC[C@H]1C[C@H]2OC[C@@]2(OC(C)=O)[C@H]2[C@H](OC(=O)c3ccccc3)[C@]3(O)C[C@H](OC(=O)[C@H](O)[C@@H](NC(=O)c4ccccc4)c4ccccc4)C(C)=C([C@@H](OC(C)=O)C(=O)[C@]12C)C3(C)C. The normalized spacial score (nSPS) is 30.9. The van der Waals surface area contributed by atoms with Crippen LogP contribution in [-0.4, -0.2) is 106 Å². The van der Waals surface area contributed by atoms with E-state index in [-0.39, 0.29) is 35.3 Å². The Morgan fingerprint density at radius 2 is 1.46 bits per heavy atom. The van der Waals surface area contributed by atoms with Crippen molar-refractivity contribution in [2.75, 3.05) is 18.6 Å². The fourth-order valence-electron chi connectivity index (χ4n) is 11.0. The van der Waals surface area contributed by atoms with E-state index in [9.17, 15) is 34.2 Å². The molecule has 1 aliphatic heterocycles. The van der Waals surface area contributed by atoms with Crippen LogP contribution in [0.15, 0.2) is 102 Å². The summed E-state index contributed by atoms with van der Waals surface area (Å²) in [6.45, 7) is 8.78. The number of rotatable bonds is 13. The third kappa shape index (κ3) is 8.40. The highest BCUT2D eigenvalue weighted by atomic mass is 32.2. The van der Waals surface area contributed by atoms with Gasteiger partial charge in [-0.1, -0.05) is 87.5 Å². The number of thioether (sulfide) groups is 1. The Hall–Kier alpha value is -5.35. The van der Waals surface area contributed by atoms with Gasteiger partial charge < -0.3 is 39.2 Å². The van der Waals surface area contributed by atoms with Crippen LogP contribution in [0.25, 0.3) is 0 Å². The number of hydrogen-bond acceptors (Lipinski definition) is 14. The number of fused-ring (bicyclic) bond motifs is 5. The smallest absolute Gasteiger partial charge is 0.338 e. The Bertz CT molecular complexity index is 2340. The number of esters is 4. The van der Waals surface area contributed by atoms with Crippen molar-refractivity contribution in [2.45, 2.75) is 109 Å². The second-order valence-corrected chi connectivity index (χ2v) is 19.3. The molecule has 3 N–H and O–H groups in total. The molecular formula is C50H57NO13S. The van der Waals surface area contributed by atoms with Gasteiger partial charge >= 0.3 is 23.9 Å². The standard InChI is InChI=1S/C50H57NO13S/c1-28-35(62-46(58)39(54)38(31-17-11-8-12-18-31)51-44(56)32-19-13-9-14-20-32)26-50(59)43(63-45(57)33-21-15-10-16-22-33)41-48(6,42(55)40(61-29(2)52)37(28)47(50,4)5)34(23-24-65-7)25-36-49(41,27-60-36)64-30(3)53/h8-22,34-36,38-41,43,54,59H,23-27H2,1-7H3,(H,51,56)/t34-,35-,36+,38-,39+,40+,41-,43-,48+,49-,50+/m0/s1. The van der Waals surface area contributed by atoms with Crippen LogP contribution in [-0.2, 0) is 42.9 Å². The first kappa shape index (κ1) is 47.6. The molecule has 3 aromatic rings. The van der Waals surface area contributed by atoms with Gasteiger partial charge in [0.1, 0.15) is 23.9 Å². The molecule has 1 amide bonds. The number of aliphatic hydroxyl groups is 2. The molecule has 0 aromatic heterocycles. The number of ketones is 1. The summed E-state index contributed by atoms with van der Waals surface area (Å²) in [7, 11) is 0. The second kappa shape index (κ2) is 18.5. The summed E-state index contributed by atoms with van der Waals surface area (Å²) < 4.78 is 31.3. The first-order valence-electron chi connectivity index (χ1n) is 21.8. The lowest BCUT2D eigenvalue weighted by Crippen LogP contribution is -2.81. The molecule has 0 spiro atoms. The quantitative estimate of drug-likeness (QED) is 0.106. The Balaban J connectivity index is 1.41. The maximum absolute atomic E-state index is 16.0. The number of carbonyl (C=O) groups excluding carboxylic acids is 6. The molecule has 7 rings (SSSR count). The average molecular weight is 912 g/mol. The molecule has 1 heterocycles. The van der Waals surface area contributed by atoms with E-state index in [1.165, 1.54) is 6.92 Å². The largest absolute Gasteiger partial charge is 0.456 e. The fourth-order valence-corrected chi connectivity index (χ4v) is 11.5. The molecule has 3 fully saturated rings. The third-order valence-corrected chi connectivity index (χ3v) is 15.0. The van der Waals surface area contributed by atoms with Gasteiger partial charge in [0.25, 0.3) is 5.91 Å². The van der Waals surface area contributed by atoms with Crippen molar-refractivity contribution in [3.63, 3.8) is 0 Å². The summed E-state index contributed by atoms with van der Waals surface area (Å²) >= 11 is 1.56. The number of amides is 1. The monoisotopic (exact) mass is 911 g/mol. The minimum Gasteiger partial charge on any atom is -0.456 e. The number of benzene rings is 3. The maximum Gasteiger partial charge on any atom is 0.338 e. The van der Waals surface area contributed by atoms with Crippen molar-refractivity contribution in [1.29, 1.82) is 0 Å². The van der Waals surface area contributed by atoms with Gasteiger partial charge in [0, 0.05) is 36.7 Å². The van der Waals surface area contributed by atoms with Crippen molar-refractivity contribution in [1.82, 2.24) is 5.32 Å². The zero-order chi connectivity index (χ0) is 47.1. The van der Waals surface area contributed by atoms with E-state index in [4.69, 9.17) is 23.7 Å². The first-order valence-corrected chi connectivity index (χ1v) is 23.2. The molecule has 2 saturated carbocycles. The molecule has 4 aliphatic rings. The number of aliphatic hydroxyl groups excluding tert-OH is 1. The van der Waals surface area contributed by atoms with Crippen LogP contribution in [0.4, 0.5) is 0 Å². The minimum absolute atomic E-state index is 0.119. The number of ether oxygens (including phenoxy) is 5. The van der Waals surface area contributed by atoms with Gasteiger partial charge in [-0.15, -0.1) is 0 Å².